The van der Waals surface area contributed by atoms with Crippen molar-refractivity contribution in [2.75, 3.05) is 11.9 Å². The maximum atomic E-state index is 14.5. The number of carbonyl (C=O) groups excluding carboxylic acids is 1. The third-order valence-electron chi connectivity index (χ3n) is 3.55. The highest BCUT2D eigenvalue weighted by atomic mass is 79.9. The van der Waals surface area contributed by atoms with Gasteiger partial charge in [-0.1, -0.05) is 6.07 Å². The molecule has 0 saturated heterocycles. The number of nitrogens with one attached hydrogen (secondary N) is 2. The summed E-state index contributed by atoms with van der Waals surface area (Å²) < 4.78 is 20.2. The molecular weight excluding hydrogens is 375 g/mol. The Morgan fingerprint density at radius 1 is 1.45 bits per heavy atom. The highest BCUT2D eigenvalue weighted by molar-refractivity contribution is 9.10. The van der Waals surface area contributed by atoms with Gasteiger partial charge in [0.25, 0.3) is 5.91 Å². The standard InChI is InChI=1S/C15H14BrFN2O2.ClH/c1-8-6-12(16)21-14(8)15(20)19-11-3-2-9-7-18-5-4-10(9)13(11)17;/h2-3,6,18H,4-5,7H2,1H3,(H,19,20);1H. The van der Waals surface area contributed by atoms with Crippen molar-refractivity contribution in [3.05, 3.63) is 51.1 Å². The van der Waals surface area contributed by atoms with Gasteiger partial charge in [0, 0.05) is 12.1 Å². The van der Waals surface area contributed by atoms with Gasteiger partial charge in [-0.3, -0.25) is 4.79 Å². The second-order valence-corrected chi connectivity index (χ2v) is 5.79. The average Bonchev–Trinajstić information content (AvgIpc) is 2.81. The van der Waals surface area contributed by atoms with E-state index < -0.39 is 5.91 Å². The highest BCUT2D eigenvalue weighted by Gasteiger charge is 2.20. The van der Waals surface area contributed by atoms with Crippen molar-refractivity contribution < 1.29 is 13.6 Å². The van der Waals surface area contributed by atoms with Crippen LogP contribution in [0.15, 0.2) is 27.3 Å². The van der Waals surface area contributed by atoms with Crippen LogP contribution in [-0.2, 0) is 13.0 Å². The lowest BCUT2D eigenvalue weighted by Gasteiger charge is -2.19. The molecule has 0 spiro atoms. The summed E-state index contributed by atoms with van der Waals surface area (Å²) >= 11 is 3.17. The molecule has 1 aromatic carbocycles. The first-order chi connectivity index (χ1) is 10.1. The summed E-state index contributed by atoms with van der Waals surface area (Å²) in [6, 6.07) is 5.13. The number of furan rings is 1. The molecule has 0 bridgehead atoms. The zero-order valence-electron chi connectivity index (χ0n) is 11.8. The first kappa shape index (κ1) is 17.0. The van der Waals surface area contributed by atoms with E-state index in [1.165, 1.54) is 0 Å². The minimum absolute atomic E-state index is 0. The van der Waals surface area contributed by atoms with Crippen LogP contribution in [0.4, 0.5) is 10.1 Å². The molecule has 2 aromatic rings. The predicted molar refractivity (Wildman–Crippen MR) is 88.2 cm³/mol. The molecule has 0 atom stereocenters. The van der Waals surface area contributed by atoms with Gasteiger partial charge < -0.3 is 15.1 Å². The van der Waals surface area contributed by atoms with Crippen LogP contribution in [0.3, 0.4) is 0 Å². The van der Waals surface area contributed by atoms with Crippen LogP contribution < -0.4 is 10.6 Å². The Balaban J connectivity index is 0.00000176. The van der Waals surface area contributed by atoms with Crippen molar-refractivity contribution in [1.29, 1.82) is 0 Å². The van der Waals surface area contributed by atoms with Crippen LogP contribution >= 0.6 is 28.3 Å². The van der Waals surface area contributed by atoms with Gasteiger partial charge in [0.15, 0.2) is 10.4 Å². The first-order valence-electron chi connectivity index (χ1n) is 6.64. The Morgan fingerprint density at radius 3 is 2.91 bits per heavy atom. The SMILES string of the molecule is Cc1cc(Br)oc1C(=O)Nc1ccc2c(c1F)CCNC2.Cl. The average molecular weight is 390 g/mol. The third kappa shape index (κ3) is 3.19. The Labute approximate surface area is 142 Å². The van der Waals surface area contributed by atoms with Crippen LogP contribution in [0, 0.1) is 12.7 Å². The Hall–Kier alpha value is -1.37. The van der Waals surface area contributed by atoms with Gasteiger partial charge in [0.1, 0.15) is 5.82 Å². The normalized spacial score (nSPS) is 13.2. The van der Waals surface area contributed by atoms with Gasteiger partial charge in [0.05, 0.1) is 5.69 Å². The highest BCUT2D eigenvalue weighted by Crippen LogP contribution is 2.26. The van der Waals surface area contributed by atoms with Crippen LogP contribution in [0.1, 0.15) is 27.2 Å². The minimum Gasteiger partial charge on any atom is -0.444 e. The van der Waals surface area contributed by atoms with Crippen molar-refractivity contribution in [2.24, 2.45) is 0 Å². The predicted octanol–water partition coefficient (Wildman–Crippen LogP) is 3.81. The molecule has 2 heterocycles. The summed E-state index contributed by atoms with van der Waals surface area (Å²) in [5.41, 5.74) is 2.49. The maximum absolute atomic E-state index is 14.5. The zero-order valence-corrected chi connectivity index (χ0v) is 14.2. The molecule has 3 rings (SSSR count). The fourth-order valence-corrected chi connectivity index (χ4v) is 2.98. The number of halogens is 3. The van der Waals surface area contributed by atoms with E-state index in [-0.39, 0.29) is 29.7 Å². The van der Waals surface area contributed by atoms with Gasteiger partial charge >= 0.3 is 0 Å². The molecule has 0 unspecified atom stereocenters. The second kappa shape index (κ2) is 6.81. The van der Waals surface area contributed by atoms with Gasteiger partial charge in [-0.2, -0.15) is 0 Å². The molecule has 4 nitrogen and oxygen atoms in total. The number of hydrogen-bond donors (Lipinski definition) is 2. The van der Waals surface area contributed by atoms with Gasteiger partial charge in [-0.25, -0.2) is 4.39 Å². The molecule has 1 aromatic heterocycles. The third-order valence-corrected chi connectivity index (χ3v) is 3.94. The lowest BCUT2D eigenvalue weighted by molar-refractivity contribution is 0.0994. The monoisotopic (exact) mass is 388 g/mol. The van der Waals surface area contributed by atoms with Crippen LogP contribution in [-0.4, -0.2) is 12.5 Å². The fraction of sp³-hybridized carbons (Fsp3) is 0.267. The van der Waals surface area contributed by atoms with Crippen LogP contribution in [0.5, 0.6) is 0 Å². The molecule has 1 aliphatic heterocycles. The Bertz CT molecular complexity index is 718. The quantitative estimate of drug-likeness (QED) is 0.821. The first-order valence-corrected chi connectivity index (χ1v) is 7.44. The van der Waals surface area contributed by atoms with Crippen LogP contribution in [0.2, 0.25) is 0 Å². The number of hydrogen-bond acceptors (Lipinski definition) is 3. The number of anilines is 1. The largest absolute Gasteiger partial charge is 0.444 e. The molecular formula is C15H15BrClFN2O2. The summed E-state index contributed by atoms with van der Waals surface area (Å²) in [5.74, 6) is -0.628. The maximum Gasteiger partial charge on any atom is 0.291 e. The zero-order chi connectivity index (χ0) is 15.0. The van der Waals surface area contributed by atoms with Crippen molar-refractivity contribution in [3.63, 3.8) is 0 Å². The van der Waals surface area contributed by atoms with Gasteiger partial charge in [-0.05, 0) is 59.1 Å². The number of benzene rings is 1. The molecule has 118 valence electrons. The van der Waals surface area contributed by atoms with Crippen molar-refractivity contribution in [2.45, 2.75) is 19.9 Å². The molecule has 2 N–H and O–H groups in total. The van der Waals surface area contributed by atoms with E-state index >= 15 is 0 Å². The van der Waals surface area contributed by atoms with Crippen molar-refractivity contribution >= 4 is 39.9 Å². The number of rotatable bonds is 2. The molecule has 1 amide bonds. The lowest BCUT2D eigenvalue weighted by atomic mass is 9.99. The molecule has 0 radical (unpaired) electrons. The van der Waals surface area contributed by atoms with E-state index in [9.17, 15) is 9.18 Å². The van der Waals surface area contributed by atoms with E-state index in [0.29, 0.717) is 28.8 Å². The Kier molecular flexibility index (Phi) is 5.26. The summed E-state index contributed by atoms with van der Waals surface area (Å²) in [7, 11) is 0. The van der Waals surface area contributed by atoms with Crippen molar-refractivity contribution in [1.82, 2.24) is 5.32 Å². The smallest absolute Gasteiger partial charge is 0.291 e. The summed E-state index contributed by atoms with van der Waals surface area (Å²) in [5, 5.41) is 5.77. The summed E-state index contributed by atoms with van der Waals surface area (Å²) in [6.07, 6.45) is 0.621. The number of aryl methyl sites for hydroxylation is 1. The van der Waals surface area contributed by atoms with Crippen LogP contribution in [0.25, 0.3) is 0 Å². The minimum atomic E-state index is -0.453. The lowest BCUT2D eigenvalue weighted by Crippen LogP contribution is -2.25. The Morgan fingerprint density at radius 2 is 2.23 bits per heavy atom. The van der Waals surface area contributed by atoms with Crippen molar-refractivity contribution in [3.8, 4) is 0 Å². The number of carbonyl (C=O) groups is 1. The second-order valence-electron chi connectivity index (χ2n) is 5.01. The fourth-order valence-electron chi connectivity index (χ4n) is 2.48. The summed E-state index contributed by atoms with van der Waals surface area (Å²) in [4.78, 5) is 12.2. The molecule has 22 heavy (non-hydrogen) atoms. The molecule has 1 aliphatic rings. The number of amides is 1. The molecule has 0 saturated carbocycles. The van der Waals surface area contributed by atoms with E-state index in [1.54, 1.807) is 19.1 Å². The topological polar surface area (TPSA) is 54.3 Å². The van der Waals surface area contributed by atoms with E-state index in [4.69, 9.17) is 4.42 Å². The van der Waals surface area contributed by atoms with E-state index in [1.807, 2.05) is 6.07 Å². The molecule has 0 aliphatic carbocycles. The number of fused-ring (bicyclic) bond motifs is 1. The molecule has 7 heteroatoms. The van der Waals surface area contributed by atoms with Gasteiger partial charge in [0.2, 0.25) is 0 Å². The summed E-state index contributed by atoms with van der Waals surface area (Å²) in [6.45, 7) is 3.16. The van der Waals surface area contributed by atoms with Gasteiger partial charge in [-0.15, -0.1) is 12.4 Å². The van der Waals surface area contributed by atoms with E-state index in [0.717, 1.165) is 12.1 Å². The molecule has 0 fully saturated rings. The van der Waals surface area contributed by atoms with E-state index in [2.05, 4.69) is 26.6 Å².